The second kappa shape index (κ2) is 11.0. The maximum Gasteiger partial charge on any atom is 0.416 e. The van der Waals surface area contributed by atoms with Crippen LogP contribution in [-0.4, -0.2) is 41.0 Å². The van der Waals surface area contributed by atoms with Gasteiger partial charge in [0.25, 0.3) is 5.91 Å². The molecule has 1 fully saturated rings. The lowest BCUT2D eigenvalue weighted by molar-refractivity contribution is -0.143. The number of hydrogen-bond acceptors (Lipinski definition) is 2. The third-order valence-corrected chi connectivity index (χ3v) is 6.27. The lowest BCUT2D eigenvalue weighted by atomic mass is 9.91. The monoisotopic (exact) mass is 563 g/mol. The Labute approximate surface area is 221 Å². The number of urea groups is 1. The molecule has 0 radical (unpaired) electrons. The summed E-state index contributed by atoms with van der Waals surface area (Å²) in [7, 11) is 0. The largest absolute Gasteiger partial charge is 0.416 e. The summed E-state index contributed by atoms with van der Waals surface area (Å²) >= 11 is 5.95. The van der Waals surface area contributed by atoms with E-state index < -0.39 is 52.6 Å². The zero-order valence-corrected chi connectivity index (χ0v) is 21.7. The zero-order valence-electron chi connectivity index (χ0n) is 20.9. The van der Waals surface area contributed by atoms with E-state index in [9.17, 15) is 35.9 Å². The highest BCUT2D eigenvalue weighted by atomic mass is 35.5. The van der Waals surface area contributed by atoms with Crippen LogP contribution in [-0.2, 0) is 18.8 Å². The summed E-state index contributed by atoms with van der Waals surface area (Å²) in [6, 6.07) is 6.21. The number of nitrogens with zero attached hydrogens (tertiary/aromatic N) is 1. The van der Waals surface area contributed by atoms with Gasteiger partial charge in [-0.3, -0.25) is 4.79 Å². The molecule has 2 atom stereocenters. The molecule has 0 bridgehead atoms. The van der Waals surface area contributed by atoms with E-state index in [2.05, 4.69) is 10.6 Å². The molecule has 1 aliphatic rings. The second-order valence-electron chi connectivity index (χ2n) is 10.3. The Morgan fingerprint density at radius 3 is 2.00 bits per heavy atom. The number of benzene rings is 2. The lowest BCUT2D eigenvalue weighted by Gasteiger charge is -2.40. The van der Waals surface area contributed by atoms with E-state index in [-0.39, 0.29) is 37.9 Å². The molecule has 0 aromatic heterocycles. The number of amides is 3. The first-order chi connectivity index (χ1) is 17.4. The SMILES string of the molecule is CC(C)(C)NC(=O)N[C@H]1CCN(C(=O)c2cc(C(F)(F)F)cc(C(F)(F)F)c2)[C@H](Cc2ccc(Cl)cc2)C1. The highest BCUT2D eigenvalue weighted by Gasteiger charge is 2.39. The van der Waals surface area contributed by atoms with Crippen LogP contribution in [0.1, 0.15) is 60.7 Å². The Morgan fingerprint density at radius 2 is 1.50 bits per heavy atom. The third kappa shape index (κ3) is 8.02. The van der Waals surface area contributed by atoms with Crippen molar-refractivity contribution in [1.29, 1.82) is 0 Å². The lowest BCUT2D eigenvalue weighted by Crippen LogP contribution is -2.55. The van der Waals surface area contributed by atoms with Crippen LogP contribution in [0.5, 0.6) is 0 Å². The summed E-state index contributed by atoms with van der Waals surface area (Å²) in [5.74, 6) is -0.946. The average Bonchev–Trinajstić information content (AvgIpc) is 2.77. The minimum absolute atomic E-state index is 0.00797. The van der Waals surface area contributed by atoms with E-state index in [0.29, 0.717) is 17.2 Å². The molecule has 3 rings (SSSR count). The molecule has 0 unspecified atom stereocenters. The van der Waals surface area contributed by atoms with Crippen molar-refractivity contribution in [3.8, 4) is 0 Å². The van der Waals surface area contributed by atoms with Crippen LogP contribution in [0.25, 0.3) is 0 Å². The number of hydrogen-bond donors (Lipinski definition) is 2. The van der Waals surface area contributed by atoms with Crippen molar-refractivity contribution < 1.29 is 35.9 Å². The Balaban J connectivity index is 1.92. The first-order valence-electron chi connectivity index (χ1n) is 11.9. The van der Waals surface area contributed by atoms with E-state index in [1.165, 1.54) is 4.90 Å². The van der Waals surface area contributed by atoms with Gasteiger partial charge in [-0.25, -0.2) is 4.79 Å². The van der Waals surface area contributed by atoms with Gasteiger partial charge in [-0.15, -0.1) is 0 Å². The number of rotatable bonds is 4. The molecule has 2 N–H and O–H groups in total. The van der Waals surface area contributed by atoms with Crippen LogP contribution in [0.3, 0.4) is 0 Å². The molecule has 1 heterocycles. The van der Waals surface area contributed by atoms with Crippen LogP contribution in [0.2, 0.25) is 5.02 Å². The molecule has 208 valence electrons. The Morgan fingerprint density at radius 1 is 0.947 bits per heavy atom. The Kier molecular flexibility index (Phi) is 8.60. The van der Waals surface area contributed by atoms with E-state index >= 15 is 0 Å². The third-order valence-electron chi connectivity index (χ3n) is 6.02. The Bertz CT molecular complexity index is 1130. The van der Waals surface area contributed by atoms with Gasteiger partial charge < -0.3 is 15.5 Å². The van der Waals surface area contributed by atoms with E-state index in [1.54, 1.807) is 24.3 Å². The van der Waals surface area contributed by atoms with Crippen LogP contribution < -0.4 is 10.6 Å². The summed E-state index contributed by atoms with van der Waals surface area (Å²) in [6.07, 6.45) is -9.37. The summed E-state index contributed by atoms with van der Waals surface area (Å²) in [5.41, 5.74) is -3.55. The van der Waals surface area contributed by atoms with Crippen molar-refractivity contribution in [3.05, 3.63) is 69.7 Å². The smallest absolute Gasteiger partial charge is 0.335 e. The van der Waals surface area contributed by atoms with Crippen LogP contribution in [0.15, 0.2) is 42.5 Å². The molecular weight excluding hydrogens is 536 g/mol. The van der Waals surface area contributed by atoms with Crippen LogP contribution >= 0.6 is 11.6 Å². The molecule has 0 aliphatic carbocycles. The maximum absolute atomic E-state index is 13.4. The minimum atomic E-state index is -5.07. The van der Waals surface area contributed by atoms with Gasteiger partial charge in [0.2, 0.25) is 0 Å². The van der Waals surface area contributed by atoms with Crippen molar-refractivity contribution >= 4 is 23.5 Å². The van der Waals surface area contributed by atoms with Crippen molar-refractivity contribution in [2.24, 2.45) is 0 Å². The van der Waals surface area contributed by atoms with Crippen molar-refractivity contribution in [3.63, 3.8) is 0 Å². The second-order valence-corrected chi connectivity index (χ2v) is 10.8. The van der Waals surface area contributed by atoms with Gasteiger partial charge in [0.05, 0.1) is 11.1 Å². The number of carbonyl (C=O) groups is 2. The average molecular weight is 564 g/mol. The number of halogens is 7. The van der Waals surface area contributed by atoms with Crippen molar-refractivity contribution in [2.45, 2.75) is 70.0 Å². The predicted molar refractivity (Wildman–Crippen MR) is 131 cm³/mol. The fourth-order valence-electron chi connectivity index (χ4n) is 4.34. The molecule has 1 aliphatic heterocycles. The molecule has 2 aromatic carbocycles. The first-order valence-corrected chi connectivity index (χ1v) is 12.2. The van der Waals surface area contributed by atoms with Crippen molar-refractivity contribution in [1.82, 2.24) is 15.5 Å². The predicted octanol–water partition coefficient (Wildman–Crippen LogP) is 6.69. The fourth-order valence-corrected chi connectivity index (χ4v) is 4.47. The summed E-state index contributed by atoms with van der Waals surface area (Å²) in [5, 5.41) is 6.11. The topological polar surface area (TPSA) is 61.4 Å². The van der Waals surface area contributed by atoms with E-state index in [1.807, 2.05) is 20.8 Å². The van der Waals surface area contributed by atoms with Gasteiger partial charge in [-0.1, -0.05) is 23.7 Å². The van der Waals surface area contributed by atoms with Crippen LogP contribution in [0.4, 0.5) is 31.1 Å². The Hall–Kier alpha value is -2.95. The molecule has 2 aromatic rings. The maximum atomic E-state index is 13.4. The van der Waals surface area contributed by atoms with Gasteiger partial charge in [0, 0.05) is 34.8 Å². The molecule has 0 spiro atoms. The quantitative estimate of drug-likeness (QED) is 0.407. The molecular formula is C26H28ClF6N3O2. The fraction of sp³-hybridized carbons (Fsp3) is 0.462. The number of likely N-dealkylation sites (tertiary alicyclic amines) is 1. The van der Waals surface area contributed by atoms with E-state index in [4.69, 9.17) is 11.6 Å². The molecule has 1 saturated heterocycles. The van der Waals surface area contributed by atoms with Gasteiger partial charge in [0.15, 0.2) is 0 Å². The first kappa shape index (κ1) is 29.6. The van der Waals surface area contributed by atoms with Crippen molar-refractivity contribution in [2.75, 3.05) is 6.54 Å². The van der Waals surface area contributed by atoms with Gasteiger partial charge >= 0.3 is 18.4 Å². The highest BCUT2D eigenvalue weighted by molar-refractivity contribution is 6.30. The summed E-state index contributed by atoms with van der Waals surface area (Å²) < 4.78 is 80.3. The summed E-state index contributed by atoms with van der Waals surface area (Å²) in [6.45, 7) is 5.44. The van der Waals surface area contributed by atoms with Gasteiger partial charge in [-0.05, 0) is 75.9 Å². The van der Waals surface area contributed by atoms with Gasteiger partial charge in [0.1, 0.15) is 0 Å². The zero-order chi connectivity index (χ0) is 28.5. The normalized spacial score (nSPS) is 18.7. The summed E-state index contributed by atoms with van der Waals surface area (Å²) in [4.78, 5) is 27.1. The van der Waals surface area contributed by atoms with Crippen LogP contribution in [0, 0.1) is 0 Å². The molecule has 12 heteroatoms. The molecule has 5 nitrogen and oxygen atoms in total. The number of alkyl halides is 6. The number of piperidine rings is 1. The number of nitrogens with one attached hydrogen (secondary N) is 2. The van der Waals surface area contributed by atoms with E-state index in [0.717, 1.165) is 5.56 Å². The molecule has 0 saturated carbocycles. The molecule has 3 amide bonds. The number of carbonyl (C=O) groups excluding carboxylic acids is 2. The highest BCUT2D eigenvalue weighted by Crippen LogP contribution is 2.37. The minimum Gasteiger partial charge on any atom is -0.335 e. The molecule has 38 heavy (non-hydrogen) atoms. The standard InChI is InChI=1S/C26H28ClF6N3O2/c1-24(2,3)35-23(38)34-20-8-9-36(21(14-20)10-15-4-6-19(27)7-5-15)22(37)16-11-17(25(28,29)30)13-18(12-16)26(31,32)33/h4-7,11-13,20-21H,8-10,14H2,1-3H3,(H2,34,35,38)/t20-,21+/m0/s1. The van der Waals surface area contributed by atoms with Gasteiger partial charge in [-0.2, -0.15) is 26.3 Å².